The van der Waals surface area contributed by atoms with Crippen LogP contribution < -0.4 is 10.5 Å². The molecule has 31 heavy (non-hydrogen) atoms. The third kappa shape index (κ3) is 4.76. The summed E-state index contributed by atoms with van der Waals surface area (Å²) in [5, 5.41) is 0. The van der Waals surface area contributed by atoms with Gasteiger partial charge in [0.15, 0.2) is 0 Å². The molecule has 0 bridgehead atoms. The Morgan fingerprint density at radius 2 is 2.00 bits per heavy atom. The van der Waals surface area contributed by atoms with Crippen LogP contribution in [0, 0.1) is 5.82 Å². The number of nitrogens with two attached hydrogens (primary N) is 1. The van der Waals surface area contributed by atoms with Gasteiger partial charge in [0.2, 0.25) is 5.89 Å². The van der Waals surface area contributed by atoms with Crippen molar-refractivity contribution in [2.45, 2.75) is 26.0 Å². The number of hydrogen-bond acceptors (Lipinski definition) is 6. The first-order valence-electron chi connectivity index (χ1n) is 10.1. The third-order valence-corrected chi connectivity index (χ3v) is 5.09. The van der Waals surface area contributed by atoms with E-state index in [9.17, 15) is 9.18 Å². The highest BCUT2D eigenvalue weighted by Gasteiger charge is 2.28. The second-order valence-corrected chi connectivity index (χ2v) is 7.31. The number of ether oxygens (including phenoxy) is 2. The van der Waals surface area contributed by atoms with Crippen molar-refractivity contribution < 1.29 is 23.1 Å². The molecule has 2 aromatic carbocycles. The van der Waals surface area contributed by atoms with Gasteiger partial charge >= 0.3 is 0 Å². The van der Waals surface area contributed by atoms with E-state index >= 15 is 0 Å². The van der Waals surface area contributed by atoms with Gasteiger partial charge in [0.25, 0.3) is 5.91 Å². The van der Waals surface area contributed by atoms with Crippen molar-refractivity contribution in [1.82, 2.24) is 9.88 Å². The molecule has 2 heterocycles. The molecule has 2 N–H and O–H groups in total. The molecule has 0 saturated carbocycles. The predicted molar refractivity (Wildman–Crippen MR) is 111 cm³/mol. The highest BCUT2D eigenvalue weighted by molar-refractivity contribution is 5.95. The minimum absolute atomic E-state index is 0.0405. The Kier molecular flexibility index (Phi) is 6.29. The maximum Gasteiger partial charge on any atom is 0.257 e. The van der Waals surface area contributed by atoms with Crippen LogP contribution in [0.15, 0.2) is 46.9 Å². The largest absolute Gasteiger partial charge is 0.457 e. The fraction of sp³-hybridized carbons (Fsp3) is 0.304. The molecular formula is C23H24FN3O4. The lowest BCUT2D eigenvalue weighted by Crippen LogP contribution is -2.36. The summed E-state index contributed by atoms with van der Waals surface area (Å²) in [6.45, 7) is 1.51. The Morgan fingerprint density at radius 1 is 1.23 bits per heavy atom. The number of carbonyl (C=O) groups is 1. The van der Waals surface area contributed by atoms with Gasteiger partial charge in [-0.1, -0.05) is 12.1 Å². The van der Waals surface area contributed by atoms with Gasteiger partial charge in [-0.15, -0.1) is 0 Å². The molecule has 0 spiro atoms. The van der Waals surface area contributed by atoms with Crippen LogP contribution in [0.3, 0.4) is 0 Å². The highest BCUT2D eigenvalue weighted by Crippen LogP contribution is 2.27. The quantitative estimate of drug-likeness (QED) is 0.624. The molecular weight excluding hydrogens is 401 g/mol. The first-order valence-corrected chi connectivity index (χ1v) is 10.1. The number of nitrogens with zero attached hydrogens (tertiary/aromatic N) is 2. The van der Waals surface area contributed by atoms with Crippen molar-refractivity contribution in [3.8, 4) is 11.5 Å². The summed E-state index contributed by atoms with van der Waals surface area (Å²) >= 11 is 0. The molecule has 4 rings (SSSR count). The summed E-state index contributed by atoms with van der Waals surface area (Å²) in [5.74, 6) is 1.19. The van der Waals surface area contributed by atoms with E-state index in [2.05, 4.69) is 4.98 Å². The number of hydrogen-bond donors (Lipinski definition) is 1. The van der Waals surface area contributed by atoms with Gasteiger partial charge in [0.05, 0.1) is 12.1 Å². The lowest BCUT2D eigenvalue weighted by atomic mass is 10.1. The highest BCUT2D eigenvalue weighted by atomic mass is 19.1. The van der Waals surface area contributed by atoms with Crippen LogP contribution in [0.2, 0.25) is 0 Å². The molecule has 1 aromatic heterocycles. The summed E-state index contributed by atoms with van der Waals surface area (Å²) in [4.78, 5) is 19.0. The number of benzene rings is 2. The van der Waals surface area contributed by atoms with Gasteiger partial charge in [0.1, 0.15) is 35.4 Å². The second kappa shape index (κ2) is 9.28. The first-order chi connectivity index (χ1) is 15.1. The zero-order chi connectivity index (χ0) is 21.8. The van der Waals surface area contributed by atoms with Crippen molar-refractivity contribution in [3.05, 3.63) is 76.8 Å². The van der Waals surface area contributed by atoms with E-state index in [4.69, 9.17) is 19.6 Å². The van der Waals surface area contributed by atoms with Crippen LogP contribution in [0.4, 0.5) is 4.39 Å². The molecule has 0 fully saturated rings. The minimum Gasteiger partial charge on any atom is -0.457 e. The van der Waals surface area contributed by atoms with Gasteiger partial charge in [0, 0.05) is 20.1 Å². The van der Waals surface area contributed by atoms with Crippen molar-refractivity contribution in [2.75, 3.05) is 20.2 Å². The fourth-order valence-corrected chi connectivity index (χ4v) is 3.54. The van der Waals surface area contributed by atoms with Gasteiger partial charge in [-0.05, 0) is 48.9 Å². The number of halogens is 1. The SMILES string of the molecule is COCc1nc2c(o1)CCN(C(=O)c1cc(Oc3ccc(CCN)cc3)ccc1F)C2. The molecule has 1 amide bonds. The topological polar surface area (TPSA) is 90.8 Å². The van der Waals surface area contributed by atoms with E-state index in [1.165, 1.54) is 18.2 Å². The standard InChI is InChI=1S/C23H24FN3O4/c1-29-14-22-26-20-13-27(11-9-21(20)31-22)23(28)18-12-17(6-7-19(18)24)30-16-4-2-15(3-5-16)8-10-25/h2-7,12H,8-11,13-14,25H2,1H3. The molecule has 7 nitrogen and oxygen atoms in total. The van der Waals surface area contributed by atoms with E-state index in [-0.39, 0.29) is 18.7 Å². The normalized spacial score (nSPS) is 13.2. The predicted octanol–water partition coefficient (Wildman–Crippen LogP) is 3.45. The first kappa shape index (κ1) is 21.0. The number of methoxy groups -OCH3 is 1. The molecule has 0 aliphatic carbocycles. The Hall–Kier alpha value is -3.23. The third-order valence-electron chi connectivity index (χ3n) is 5.09. The molecule has 8 heteroatoms. The number of aromatic nitrogens is 1. The van der Waals surface area contributed by atoms with E-state index in [1.807, 2.05) is 24.3 Å². The lowest BCUT2D eigenvalue weighted by Gasteiger charge is -2.25. The number of oxazole rings is 1. The molecule has 162 valence electrons. The molecule has 0 saturated heterocycles. The van der Waals surface area contributed by atoms with Crippen LogP contribution >= 0.6 is 0 Å². The lowest BCUT2D eigenvalue weighted by molar-refractivity contribution is 0.0722. The van der Waals surface area contributed by atoms with Crippen LogP contribution in [0.5, 0.6) is 11.5 Å². The molecule has 1 aliphatic heterocycles. The zero-order valence-electron chi connectivity index (χ0n) is 17.3. The van der Waals surface area contributed by atoms with Crippen molar-refractivity contribution >= 4 is 5.91 Å². The Labute approximate surface area is 179 Å². The maximum absolute atomic E-state index is 14.5. The van der Waals surface area contributed by atoms with Gasteiger partial charge < -0.3 is 24.5 Å². The Morgan fingerprint density at radius 3 is 2.74 bits per heavy atom. The zero-order valence-corrected chi connectivity index (χ0v) is 17.3. The van der Waals surface area contributed by atoms with E-state index in [0.29, 0.717) is 42.6 Å². The molecule has 3 aromatic rings. The van der Waals surface area contributed by atoms with Crippen molar-refractivity contribution in [2.24, 2.45) is 5.73 Å². The van der Waals surface area contributed by atoms with Crippen LogP contribution in [0.1, 0.15) is 33.3 Å². The second-order valence-electron chi connectivity index (χ2n) is 7.31. The van der Waals surface area contributed by atoms with E-state index < -0.39 is 11.7 Å². The van der Waals surface area contributed by atoms with Gasteiger partial charge in [-0.2, -0.15) is 0 Å². The molecule has 0 atom stereocenters. The smallest absolute Gasteiger partial charge is 0.257 e. The Bertz CT molecular complexity index is 1070. The van der Waals surface area contributed by atoms with Crippen LogP contribution in [0.25, 0.3) is 0 Å². The summed E-state index contributed by atoms with van der Waals surface area (Å²) < 4.78 is 31.0. The number of carbonyl (C=O) groups excluding carboxylic acids is 1. The summed E-state index contributed by atoms with van der Waals surface area (Å²) in [5.41, 5.74) is 7.31. The van der Waals surface area contributed by atoms with Crippen LogP contribution in [-0.2, 0) is 30.7 Å². The number of fused-ring (bicyclic) bond motifs is 1. The minimum atomic E-state index is -0.596. The fourth-order valence-electron chi connectivity index (χ4n) is 3.54. The Balaban J connectivity index is 1.49. The summed E-state index contributed by atoms with van der Waals surface area (Å²) in [7, 11) is 1.56. The van der Waals surface area contributed by atoms with Crippen LogP contribution in [-0.4, -0.2) is 36.0 Å². The van der Waals surface area contributed by atoms with Gasteiger partial charge in [-0.25, -0.2) is 9.37 Å². The number of amides is 1. The van der Waals surface area contributed by atoms with E-state index in [1.54, 1.807) is 12.0 Å². The average Bonchev–Trinajstić information content (AvgIpc) is 3.18. The van der Waals surface area contributed by atoms with E-state index in [0.717, 1.165) is 17.7 Å². The monoisotopic (exact) mass is 425 g/mol. The molecule has 0 unspecified atom stereocenters. The summed E-state index contributed by atoms with van der Waals surface area (Å²) in [6.07, 6.45) is 1.30. The average molecular weight is 425 g/mol. The molecule has 1 aliphatic rings. The van der Waals surface area contributed by atoms with Crippen molar-refractivity contribution in [3.63, 3.8) is 0 Å². The number of rotatable bonds is 7. The maximum atomic E-state index is 14.5. The molecule has 0 radical (unpaired) electrons. The van der Waals surface area contributed by atoms with Crippen molar-refractivity contribution in [1.29, 1.82) is 0 Å². The van der Waals surface area contributed by atoms with Gasteiger partial charge in [-0.3, -0.25) is 4.79 Å². The summed E-state index contributed by atoms with van der Waals surface area (Å²) in [6, 6.07) is 11.7.